The molecule has 0 radical (unpaired) electrons. The zero-order chi connectivity index (χ0) is 18.1. The molecule has 2 aromatic carbocycles. The van der Waals surface area contributed by atoms with Gasteiger partial charge in [0.05, 0.1) is 43.0 Å². The van der Waals surface area contributed by atoms with Crippen molar-refractivity contribution in [1.29, 1.82) is 0 Å². The zero-order valence-electron chi connectivity index (χ0n) is 13.9. The molecule has 1 saturated heterocycles. The van der Waals surface area contributed by atoms with Gasteiger partial charge in [-0.25, -0.2) is 8.42 Å². The fraction of sp³-hybridized carbons (Fsp3) is 0.294. The zero-order valence-corrected chi connectivity index (χ0v) is 14.7. The Kier molecular flexibility index (Phi) is 4.59. The van der Waals surface area contributed by atoms with Crippen molar-refractivity contribution in [2.24, 2.45) is 0 Å². The molecule has 25 heavy (non-hydrogen) atoms. The smallest absolute Gasteiger partial charge is 0.269 e. The summed E-state index contributed by atoms with van der Waals surface area (Å²) in [5.41, 5.74) is 1.04. The first-order valence-electron chi connectivity index (χ1n) is 7.98. The molecule has 0 saturated carbocycles. The molecule has 132 valence electrons. The van der Waals surface area contributed by atoms with E-state index in [9.17, 15) is 18.5 Å². The van der Waals surface area contributed by atoms with Crippen LogP contribution in [0.2, 0.25) is 0 Å². The van der Waals surface area contributed by atoms with Crippen molar-refractivity contribution >= 4 is 21.4 Å². The van der Waals surface area contributed by atoms with Gasteiger partial charge in [-0.2, -0.15) is 4.31 Å². The number of hydrogen-bond donors (Lipinski definition) is 0. The van der Waals surface area contributed by atoms with Crippen LogP contribution in [0, 0.1) is 10.1 Å². The number of para-hydroxylation sites is 1. The van der Waals surface area contributed by atoms with E-state index < -0.39 is 14.9 Å². The van der Waals surface area contributed by atoms with E-state index in [1.165, 1.54) is 28.6 Å². The van der Waals surface area contributed by atoms with Gasteiger partial charge in [0, 0.05) is 12.1 Å². The van der Waals surface area contributed by atoms with E-state index in [0.29, 0.717) is 30.7 Å². The lowest BCUT2D eigenvalue weighted by Crippen LogP contribution is -2.59. The van der Waals surface area contributed by atoms with E-state index in [1.54, 1.807) is 0 Å². The maximum atomic E-state index is 12.8. The van der Waals surface area contributed by atoms with Crippen molar-refractivity contribution in [3.63, 3.8) is 0 Å². The van der Waals surface area contributed by atoms with E-state index in [1.807, 2.05) is 18.2 Å². The fourth-order valence-electron chi connectivity index (χ4n) is 3.06. The van der Waals surface area contributed by atoms with Gasteiger partial charge in [0.15, 0.2) is 0 Å². The molecule has 0 spiro atoms. The van der Waals surface area contributed by atoms with Crippen molar-refractivity contribution < 1.29 is 13.3 Å². The Labute approximate surface area is 146 Å². The Morgan fingerprint density at radius 1 is 1.00 bits per heavy atom. The van der Waals surface area contributed by atoms with Crippen LogP contribution in [0.15, 0.2) is 59.5 Å². The molecule has 0 aromatic heterocycles. The molecule has 1 aliphatic heterocycles. The second-order valence-corrected chi connectivity index (χ2v) is 8.27. The predicted molar refractivity (Wildman–Crippen MR) is 95.7 cm³/mol. The molecular weight excluding hydrogens is 342 g/mol. The maximum absolute atomic E-state index is 12.8. The molecule has 0 unspecified atom stereocenters. The van der Waals surface area contributed by atoms with E-state index in [4.69, 9.17) is 0 Å². The Bertz CT molecular complexity index is 859. The highest BCUT2D eigenvalue weighted by Crippen LogP contribution is 2.26. The van der Waals surface area contributed by atoms with Crippen LogP contribution < -0.4 is 4.48 Å². The molecule has 1 aliphatic rings. The highest BCUT2D eigenvalue weighted by atomic mass is 32.2. The summed E-state index contributed by atoms with van der Waals surface area (Å²) < 4.78 is 27.7. The van der Waals surface area contributed by atoms with E-state index in [0.717, 1.165) is 5.69 Å². The van der Waals surface area contributed by atoms with E-state index in [2.05, 4.69) is 19.2 Å². The van der Waals surface area contributed by atoms with Crippen molar-refractivity contribution in [3.05, 3.63) is 64.7 Å². The minimum atomic E-state index is -3.64. The summed E-state index contributed by atoms with van der Waals surface area (Å²) in [7, 11) is -1.53. The number of nitrogens with zero attached hydrogens (tertiary/aromatic N) is 3. The first kappa shape index (κ1) is 17.5. The SMILES string of the molecule is C[N+]1(c2ccccc2)CCN(S(=O)(=O)c2ccc([N+](=O)[O-])cc2)CC1. The number of likely N-dealkylation sites (N-methyl/N-ethyl adjacent to an activating group) is 1. The van der Waals surface area contributed by atoms with Gasteiger partial charge in [0.2, 0.25) is 10.0 Å². The van der Waals surface area contributed by atoms with Crippen LogP contribution in [0.1, 0.15) is 0 Å². The molecule has 0 N–H and O–H groups in total. The van der Waals surface area contributed by atoms with Gasteiger partial charge in [-0.15, -0.1) is 0 Å². The second-order valence-electron chi connectivity index (χ2n) is 6.33. The van der Waals surface area contributed by atoms with Crippen LogP contribution in [0.4, 0.5) is 11.4 Å². The first-order chi connectivity index (χ1) is 11.8. The molecule has 0 atom stereocenters. The number of sulfonamides is 1. The minimum Gasteiger partial charge on any atom is -0.291 e. The molecule has 3 rings (SSSR count). The molecule has 1 fully saturated rings. The van der Waals surface area contributed by atoms with Gasteiger partial charge in [0.1, 0.15) is 5.69 Å². The van der Waals surface area contributed by atoms with Crippen LogP contribution >= 0.6 is 0 Å². The van der Waals surface area contributed by atoms with Crippen LogP contribution in [-0.4, -0.2) is 50.9 Å². The van der Waals surface area contributed by atoms with Crippen molar-refractivity contribution in [3.8, 4) is 0 Å². The van der Waals surface area contributed by atoms with E-state index >= 15 is 0 Å². The minimum absolute atomic E-state index is 0.0916. The lowest BCUT2D eigenvalue weighted by Gasteiger charge is -2.41. The molecule has 8 heteroatoms. The molecule has 2 aromatic rings. The van der Waals surface area contributed by atoms with Crippen molar-refractivity contribution in [2.45, 2.75) is 4.90 Å². The third kappa shape index (κ3) is 3.41. The third-order valence-electron chi connectivity index (χ3n) is 4.75. The summed E-state index contributed by atoms with van der Waals surface area (Å²) in [5, 5.41) is 10.7. The Hall–Kier alpha value is -2.29. The summed E-state index contributed by atoms with van der Waals surface area (Å²) in [6.07, 6.45) is 0. The normalized spacial score (nSPS) is 18.0. The largest absolute Gasteiger partial charge is 0.291 e. The number of nitro groups is 1. The van der Waals surface area contributed by atoms with Gasteiger partial charge >= 0.3 is 0 Å². The number of nitro benzene ring substituents is 1. The standard InChI is InChI=1S/C17H20N3O4S/c1-20(16-5-3-2-4-6-16)13-11-18(12-14-20)25(23,24)17-9-7-15(8-10-17)19(21)22/h2-10H,11-14H2,1H3/q+1. The summed E-state index contributed by atoms with van der Waals surface area (Å²) >= 11 is 0. The number of piperazine rings is 1. The summed E-state index contributed by atoms with van der Waals surface area (Å²) in [6.45, 7) is 2.17. The molecule has 7 nitrogen and oxygen atoms in total. The molecule has 0 bridgehead atoms. The van der Waals surface area contributed by atoms with E-state index in [-0.39, 0.29) is 10.6 Å². The summed E-state index contributed by atoms with van der Waals surface area (Å²) in [6, 6.07) is 15.1. The number of non-ortho nitro benzene ring substituents is 1. The van der Waals surface area contributed by atoms with Gasteiger partial charge in [0.25, 0.3) is 5.69 Å². The topological polar surface area (TPSA) is 80.5 Å². The van der Waals surface area contributed by atoms with Gasteiger partial charge in [-0.3, -0.25) is 14.6 Å². The van der Waals surface area contributed by atoms with Crippen molar-refractivity contribution in [2.75, 3.05) is 33.2 Å². The first-order valence-corrected chi connectivity index (χ1v) is 9.42. The summed E-state index contributed by atoms with van der Waals surface area (Å²) in [5.74, 6) is 0. The highest BCUT2D eigenvalue weighted by molar-refractivity contribution is 7.89. The van der Waals surface area contributed by atoms with Crippen LogP contribution in [0.5, 0.6) is 0 Å². The number of hydrogen-bond acceptors (Lipinski definition) is 4. The quantitative estimate of drug-likeness (QED) is 0.475. The average molecular weight is 362 g/mol. The van der Waals surface area contributed by atoms with Gasteiger partial charge in [-0.1, -0.05) is 18.2 Å². The maximum Gasteiger partial charge on any atom is 0.269 e. The highest BCUT2D eigenvalue weighted by Gasteiger charge is 2.36. The fourth-order valence-corrected chi connectivity index (χ4v) is 4.49. The van der Waals surface area contributed by atoms with Gasteiger partial charge in [-0.05, 0) is 24.3 Å². The number of quaternary nitrogens is 1. The lowest BCUT2D eigenvalue weighted by molar-refractivity contribution is -0.384. The average Bonchev–Trinajstić information content (AvgIpc) is 2.63. The van der Waals surface area contributed by atoms with Crippen molar-refractivity contribution in [1.82, 2.24) is 8.79 Å². The molecular formula is C17H20N3O4S+. The number of benzene rings is 2. The Balaban J connectivity index is 1.76. The van der Waals surface area contributed by atoms with Crippen LogP contribution in [-0.2, 0) is 10.0 Å². The Morgan fingerprint density at radius 3 is 2.08 bits per heavy atom. The molecule has 1 heterocycles. The monoisotopic (exact) mass is 362 g/mol. The Morgan fingerprint density at radius 2 is 1.56 bits per heavy atom. The number of rotatable bonds is 4. The van der Waals surface area contributed by atoms with Crippen LogP contribution in [0.3, 0.4) is 0 Å². The predicted octanol–water partition coefficient (Wildman–Crippen LogP) is 2.24. The second kappa shape index (κ2) is 6.55. The summed E-state index contributed by atoms with van der Waals surface area (Å²) in [4.78, 5) is 10.3. The van der Waals surface area contributed by atoms with Gasteiger partial charge < -0.3 is 0 Å². The molecule has 0 amide bonds. The third-order valence-corrected chi connectivity index (χ3v) is 6.66. The lowest BCUT2D eigenvalue weighted by atomic mass is 10.2. The molecule has 0 aliphatic carbocycles. The van der Waals surface area contributed by atoms with Crippen LogP contribution in [0.25, 0.3) is 0 Å².